The Kier molecular flexibility index (Phi) is 4.77. The molecule has 1 saturated heterocycles. The molecule has 2 heterocycles. The molecular formula is C14H23N3O3. The minimum absolute atomic E-state index is 0.186. The molecule has 1 unspecified atom stereocenters. The van der Waals surface area contributed by atoms with Crippen molar-refractivity contribution in [3.63, 3.8) is 0 Å². The van der Waals surface area contributed by atoms with E-state index in [9.17, 15) is 9.90 Å². The van der Waals surface area contributed by atoms with Gasteiger partial charge in [-0.1, -0.05) is 13.8 Å². The van der Waals surface area contributed by atoms with Crippen LogP contribution in [-0.2, 0) is 11.3 Å². The van der Waals surface area contributed by atoms with Gasteiger partial charge in [-0.15, -0.1) is 0 Å². The number of hydrogen-bond donors (Lipinski definition) is 1. The van der Waals surface area contributed by atoms with E-state index in [2.05, 4.69) is 23.7 Å². The number of piperazine rings is 1. The van der Waals surface area contributed by atoms with Gasteiger partial charge < -0.3 is 14.4 Å². The van der Waals surface area contributed by atoms with E-state index in [4.69, 9.17) is 4.42 Å². The lowest BCUT2D eigenvalue weighted by Crippen LogP contribution is -2.50. The lowest BCUT2D eigenvalue weighted by molar-refractivity contribution is -0.141. The number of aliphatic hydroxyl groups is 1. The smallest absolute Gasteiger partial charge is 0.251 e. The summed E-state index contributed by atoms with van der Waals surface area (Å²) in [7, 11) is 0. The van der Waals surface area contributed by atoms with Crippen molar-refractivity contribution in [3.05, 3.63) is 17.8 Å². The molecule has 112 valence electrons. The first-order chi connectivity index (χ1) is 9.49. The molecule has 6 nitrogen and oxygen atoms in total. The third-order valence-electron chi connectivity index (χ3n) is 3.61. The van der Waals surface area contributed by atoms with Gasteiger partial charge >= 0.3 is 0 Å². The van der Waals surface area contributed by atoms with Gasteiger partial charge in [-0.2, -0.15) is 0 Å². The second-order valence-corrected chi connectivity index (χ2v) is 5.60. The third kappa shape index (κ3) is 3.37. The molecule has 1 amide bonds. The van der Waals surface area contributed by atoms with Crippen molar-refractivity contribution in [2.24, 2.45) is 0 Å². The number of nitrogens with zero attached hydrogens (tertiary/aromatic N) is 3. The van der Waals surface area contributed by atoms with Crippen LogP contribution < -0.4 is 0 Å². The molecule has 6 heteroatoms. The highest BCUT2D eigenvalue weighted by Crippen LogP contribution is 2.20. The van der Waals surface area contributed by atoms with E-state index >= 15 is 0 Å². The van der Waals surface area contributed by atoms with Crippen LogP contribution in [0.4, 0.5) is 0 Å². The zero-order chi connectivity index (χ0) is 14.7. The Morgan fingerprint density at radius 2 is 2.00 bits per heavy atom. The molecule has 1 fully saturated rings. The fraction of sp³-hybridized carbons (Fsp3) is 0.714. The van der Waals surface area contributed by atoms with Crippen LogP contribution in [0.5, 0.6) is 0 Å². The van der Waals surface area contributed by atoms with E-state index in [0.717, 1.165) is 31.1 Å². The van der Waals surface area contributed by atoms with E-state index in [0.29, 0.717) is 19.0 Å². The zero-order valence-electron chi connectivity index (χ0n) is 12.4. The van der Waals surface area contributed by atoms with Crippen LogP contribution in [0.25, 0.3) is 0 Å². The maximum Gasteiger partial charge on any atom is 0.251 e. The first kappa shape index (κ1) is 15.0. The van der Waals surface area contributed by atoms with Gasteiger partial charge in [0.25, 0.3) is 5.91 Å². The number of aliphatic hydroxyl groups excluding tert-OH is 1. The van der Waals surface area contributed by atoms with Gasteiger partial charge in [-0.3, -0.25) is 9.69 Å². The SMILES string of the molecule is CC(O)C(=O)N1CCN(Cc2ncoc2C(C)C)CC1. The normalized spacial score (nSPS) is 18.6. The zero-order valence-corrected chi connectivity index (χ0v) is 12.4. The lowest BCUT2D eigenvalue weighted by Gasteiger charge is -2.35. The van der Waals surface area contributed by atoms with Crippen LogP contribution in [0.2, 0.25) is 0 Å². The van der Waals surface area contributed by atoms with Crippen LogP contribution in [-0.4, -0.2) is 58.1 Å². The predicted octanol–water partition coefficient (Wildman–Crippen LogP) is 0.823. The lowest BCUT2D eigenvalue weighted by atomic mass is 10.1. The fourth-order valence-electron chi connectivity index (χ4n) is 2.47. The van der Waals surface area contributed by atoms with Crippen LogP contribution in [0.1, 0.15) is 38.1 Å². The van der Waals surface area contributed by atoms with Gasteiger partial charge in [-0.05, 0) is 6.92 Å². The summed E-state index contributed by atoms with van der Waals surface area (Å²) in [6.45, 7) is 9.33. The molecule has 1 N–H and O–H groups in total. The van der Waals surface area contributed by atoms with Crippen LogP contribution in [0, 0.1) is 0 Å². The summed E-state index contributed by atoms with van der Waals surface area (Å²) in [6, 6.07) is 0. The van der Waals surface area contributed by atoms with Gasteiger partial charge in [0.05, 0.1) is 5.69 Å². The largest absolute Gasteiger partial charge is 0.448 e. The average molecular weight is 281 g/mol. The second-order valence-electron chi connectivity index (χ2n) is 5.60. The topological polar surface area (TPSA) is 69.8 Å². The van der Waals surface area contributed by atoms with Gasteiger partial charge in [0.1, 0.15) is 11.9 Å². The Morgan fingerprint density at radius 1 is 1.35 bits per heavy atom. The van der Waals surface area contributed by atoms with Crippen molar-refractivity contribution in [1.29, 1.82) is 0 Å². The Balaban J connectivity index is 1.88. The van der Waals surface area contributed by atoms with Crippen LogP contribution >= 0.6 is 0 Å². The minimum Gasteiger partial charge on any atom is -0.448 e. The molecule has 0 bridgehead atoms. The van der Waals surface area contributed by atoms with E-state index in [-0.39, 0.29) is 5.91 Å². The van der Waals surface area contributed by atoms with Crippen molar-refractivity contribution < 1.29 is 14.3 Å². The second kappa shape index (κ2) is 6.37. The molecule has 0 aliphatic carbocycles. The first-order valence-corrected chi connectivity index (χ1v) is 7.10. The summed E-state index contributed by atoms with van der Waals surface area (Å²) in [5.41, 5.74) is 0.982. The highest BCUT2D eigenvalue weighted by Gasteiger charge is 2.25. The molecule has 0 spiro atoms. The van der Waals surface area contributed by atoms with E-state index in [1.807, 2.05) is 0 Å². The van der Waals surface area contributed by atoms with Crippen molar-refractivity contribution in [3.8, 4) is 0 Å². The summed E-state index contributed by atoms with van der Waals surface area (Å²) >= 11 is 0. The Morgan fingerprint density at radius 3 is 2.55 bits per heavy atom. The number of aromatic nitrogens is 1. The molecule has 0 aromatic carbocycles. The minimum atomic E-state index is -0.912. The maximum absolute atomic E-state index is 11.7. The number of carbonyl (C=O) groups excluding carboxylic acids is 1. The van der Waals surface area contributed by atoms with Crippen LogP contribution in [0.15, 0.2) is 10.8 Å². The van der Waals surface area contributed by atoms with E-state index in [1.165, 1.54) is 13.3 Å². The summed E-state index contributed by atoms with van der Waals surface area (Å²) in [4.78, 5) is 20.0. The van der Waals surface area contributed by atoms with Crippen molar-refractivity contribution in [2.75, 3.05) is 26.2 Å². The summed E-state index contributed by atoms with van der Waals surface area (Å²) in [5, 5.41) is 9.32. The van der Waals surface area contributed by atoms with Crippen molar-refractivity contribution in [1.82, 2.24) is 14.8 Å². The highest BCUT2D eigenvalue weighted by atomic mass is 16.3. The number of rotatable bonds is 4. The Labute approximate surface area is 119 Å². The molecule has 20 heavy (non-hydrogen) atoms. The summed E-state index contributed by atoms with van der Waals surface area (Å²) in [6.07, 6.45) is 0.586. The molecule has 0 saturated carbocycles. The predicted molar refractivity (Wildman–Crippen MR) is 74.1 cm³/mol. The maximum atomic E-state index is 11.7. The molecule has 0 radical (unpaired) electrons. The first-order valence-electron chi connectivity index (χ1n) is 7.10. The highest BCUT2D eigenvalue weighted by molar-refractivity contribution is 5.80. The number of carbonyl (C=O) groups is 1. The van der Waals surface area contributed by atoms with Crippen LogP contribution in [0.3, 0.4) is 0 Å². The molecule has 1 aromatic rings. The van der Waals surface area contributed by atoms with E-state index in [1.54, 1.807) is 4.90 Å². The van der Waals surface area contributed by atoms with E-state index < -0.39 is 6.10 Å². The standard InChI is InChI=1S/C14H23N3O3/c1-10(2)13-12(15-9-20-13)8-16-4-6-17(7-5-16)14(19)11(3)18/h9-11,18H,4-8H2,1-3H3. The molecular weight excluding hydrogens is 258 g/mol. The molecule has 2 rings (SSSR count). The van der Waals surface area contributed by atoms with Gasteiger partial charge in [-0.25, -0.2) is 4.98 Å². The average Bonchev–Trinajstić information content (AvgIpc) is 2.87. The molecule has 1 aliphatic heterocycles. The van der Waals surface area contributed by atoms with Crippen molar-refractivity contribution in [2.45, 2.75) is 39.3 Å². The van der Waals surface area contributed by atoms with Crippen molar-refractivity contribution >= 4 is 5.91 Å². The summed E-state index contributed by atoms with van der Waals surface area (Å²) in [5.74, 6) is 1.08. The molecule has 1 aromatic heterocycles. The Bertz CT molecular complexity index is 448. The van der Waals surface area contributed by atoms with Gasteiger partial charge in [0.15, 0.2) is 6.39 Å². The summed E-state index contributed by atoms with van der Waals surface area (Å²) < 4.78 is 5.42. The quantitative estimate of drug-likeness (QED) is 0.885. The third-order valence-corrected chi connectivity index (χ3v) is 3.61. The molecule has 1 aliphatic rings. The fourth-order valence-corrected chi connectivity index (χ4v) is 2.47. The van der Waals surface area contributed by atoms with Gasteiger partial charge in [0.2, 0.25) is 0 Å². The number of amides is 1. The number of hydrogen-bond acceptors (Lipinski definition) is 5. The Hall–Kier alpha value is -1.40. The number of oxazole rings is 1. The van der Waals surface area contributed by atoms with Gasteiger partial charge in [0, 0.05) is 38.6 Å². The molecule has 1 atom stereocenters. The monoisotopic (exact) mass is 281 g/mol.